The summed E-state index contributed by atoms with van der Waals surface area (Å²) >= 11 is 0. The number of hydrogen-bond donors (Lipinski definition) is 1. The molecule has 0 unspecified atom stereocenters. The third kappa shape index (κ3) is 5.17. The Bertz CT molecular complexity index is 1430. The molecule has 0 aliphatic heterocycles. The van der Waals surface area contributed by atoms with E-state index in [1.165, 1.54) is 24.3 Å². The van der Waals surface area contributed by atoms with Crippen LogP contribution in [0.15, 0.2) is 71.9 Å². The number of imidazole rings is 1. The number of nitrogens with zero attached hydrogens (tertiary/aromatic N) is 4. The minimum absolute atomic E-state index is 0.151. The number of ether oxygens (including phenoxy) is 1. The van der Waals surface area contributed by atoms with Gasteiger partial charge in [-0.25, -0.2) is 18.4 Å². The molecule has 0 bridgehead atoms. The van der Waals surface area contributed by atoms with Crippen molar-refractivity contribution >= 4 is 15.7 Å². The zero-order valence-electron chi connectivity index (χ0n) is 17.9. The topological polar surface area (TPSA) is 99.0 Å². The van der Waals surface area contributed by atoms with Crippen molar-refractivity contribution in [3.63, 3.8) is 0 Å². The first-order valence-electron chi connectivity index (χ1n) is 9.85. The summed E-state index contributed by atoms with van der Waals surface area (Å²) in [6.45, 7) is 3.55. The molecule has 0 saturated heterocycles. The van der Waals surface area contributed by atoms with Crippen molar-refractivity contribution in [2.24, 2.45) is 0 Å². The van der Waals surface area contributed by atoms with E-state index in [1.807, 2.05) is 6.92 Å². The van der Waals surface area contributed by atoms with Crippen LogP contribution in [-0.2, 0) is 16.2 Å². The fourth-order valence-corrected chi connectivity index (χ4v) is 4.19. The highest BCUT2D eigenvalue weighted by atomic mass is 32.2. The molecule has 2 aromatic heterocycles. The third-order valence-corrected chi connectivity index (χ3v) is 6.05. The molecular weight excluding hydrogens is 471 g/mol. The number of benzene rings is 2. The van der Waals surface area contributed by atoms with Gasteiger partial charge in [-0.15, -0.1) is 0 Å². The van der Waals surface area contributed by atoms with Gasteiger partial charge in [0.1, 0.15) is 23.2 Å². The van der Waals surface area contributed by atoms with Crippen LogP contribution >= 0.6 is 0 Å². The van der Waals surface area contributed by atoms with Crippen molar-refractivity contribution in [1.29, 1.82) is 0 Å². The number of sulfonamides is 1. The molecule has 1 N–H and O–H groups in total. The van der Waals surface area contributed by atoms with Crippen molar-refractivity contribution in [1.82, 2.24) is 19.5 Å². The van der Waals surface area contributed by atoms with Crippen molar-refractivity contribution in [3.8, 4) is 17.4 Å². The maximum absolute atomic E-state index is 12.9. The van der Waals surface area contributed by atoms with Crippen LogP contribution < -0.4 is 9.46 Å². The van der Waals surface area contributed by atoms with E-state index in [0.29, 0.717) is 23.5 Å². The maximum Gasteiger partial charge on any atom is 0.416 e. The maximum atomic E-state index is 12.9. The second kappa shape index (κ2) is 8.78. The van der Waals surface area contributed by atoms with Crippen molar-refractivity contribution in [2.75, 3.05) is 4.72 Å². The zero-order valence-corrected chi connectivity index (χ0v) is 18.7. The first kappa shape index (κ1) is 23.2. The first-order chi connectivity index (χ1) is 16.0. The first-order valence-corrected chi connectivity index (χ1v) is 11.3. The Morgan fingerprint density at radius 2 is 1.74 bits per heavy atom. The predicted molar refractivity (Wildman–Crippen MR) is 117 cm³/mol. The smallest absolute Gasteiger partial charge is 0.416 e. The number of aryl methyl sites for hydroxylation is 2. The quantitative estimate of drug-likeness (QED) is 0.414. The lowest BCUT2D eigenvalue weighted by Crippen LogP contribution is -2.14. The molecule has 0 atom stereocenters. The van der Waals surface area contributed by atoms with Crippen LogP contribution in [0.1, 0.15) is 17.2 Å². The molecule has 0 fully saturated rings. The largest absolute Gasteiger partial charge is 0.439 e. The highest BCUT2D eigenvalue weighted by Crippen LogP contribution is 2.31. The standard InChI is InChI=1S/C22H18F3N5O3S/c1-14-27-20(30-11-10-26-15(30)2)13-21(28-14)33-18-8-6-17(7-9-18)29-34(31,32)19-5-3-4-16(12-19)22(23,24)25/h3-13,29H,1-2H3. The van der Waals surface area contributed by atoms with Gasteiger partial charge in [-0.1, -0.05) is 6.07 Å². The van der Waals surface area contributed by atoms with Gasteiger partial charge in [0.05, 0.1) is 10.5 Å². The Morgan fingerprint density at radius 3 is 2.38 bits per heavy atom. The molecule has 34 heavy (non-hydrogen) atoms. The molecule has 4 aromatic rings. The van der Waals surface area contributed by atoms with Crippen molar-refractivity contribution in [2.45, 2.75) is 24.9 Å². The summed E-state index contributed by atoms with van der Waals surface area (Å²) in [5.74, 6) is 2.43. The van der Waals surface area contributed by atoms with E-state index in [4.69, 9.17) is 4.74 Å². The lowest BCUT2D eigenvalue weighted by molar-refractivity contribution is -0.137. The second-order valence-corrected chi connectivity index (χ2v) is 8.90. The van der Waals surface area contributed by atoms with Gasteiger partial charge in [0.2, 0.25) is 5.88 Å². The zero-order chi connectivity index (χ0) is 24.5. The molecule has 176 valence electrons. The Labute approximate surface area is 193 Å². The fourth-order valence-electron chi connectivity index (χ4n) is 3.09. The van der Waals surface area contributed by atoms with Crippen LogP contribution in [0.25, 0.3) is 5.82 Å². The highest BCUT2D eigenvalue weighted by molar-refractivity contribution is 7.92. The molecule has 12 heteroatoms. The van der Waals surface area contributed by atoms with Gasteiger partial charge in [-0.05, 0) is 56.3 Å². The summed E-state index contributed by atoms with van der Waals surface area (Å²) in [4.78, 5) is 12.3. The summed E-state index contributed by atoms with van der Waals surface area (Å²) in [6.07, 6.45) is -1.25. The molecule has 0 aliphatic carbocycles. The Hall–Kier alpha value is -3.93. The van der Waals surface area contributed by atoms with E-state index >= 15 is 0 Å². The van der Waals surface area contributed by atoms with Crippen molar-refractivity contribution in [3.05, 3.63) is 84.2 Å². The van der Waals surface area contributed by atoms with E-state index in [0.717, 1.165) is 24.0 Å². The van der Waals surface area contributed by atoms with Gasteiger partial charge in [0.25, 0.3) is 10.0 Å². The SMILES string of the molecule is Cc1nc(Oc2ccc(NS(=O)(=O)c3cccc(C(F)(F)F)c3)cc2)cc(-n2ccnc2C)n1. The number of rotatable bonds is 6. The molecule has 2 heterocycles. The van der Waals surface area contributed by atoms with E-state index in [2.05, 4.69) is 19.7 Å². The van der Waals surface area contributed by atoms with E-state index in [1.54, 1.807) is 30.0 Å². The van der Waals surface area contributed by atoms with Crippen LogP contribution in [0, 0.1) is 13.8 Å². The normalized spacial score (nSPS) is 11.9. The molecule has 0 amide bonds. The Balaban J connectivity index is 1.51. The van der Waals surface area contributed by atoms with Crippen LogP contribution in [0.4, 0.5) is 18.9 Å². The highest BCUT2D eigenvalue weighted by Gasteiger charge is 2.31. The van der Waals surface area contributed by atoms with E-state index < -0.39 is 26.7 Å². The summed E-state index contributed by atoms with van der Waals surface area (Å²) in [5.41, 5.74) is -0.900. The average molecular weight is 489 g/mol. The summed E-state index contributed by atoms with van der Waals surface area (Å²) < 4.78 is 73.6. The monoisotopic (exact) mass is 489 g/mol. The molecule has 4 rings (SSSR count). The lowest BCUT2D eigenvalue weighted by atomic mass is 10.2. The molecule has 0 radical (unpaired) electrons. The molecular formula is C22H18F3N5O3S. The second-order valence-electron chi connectivity index (χ2n) is 7.21. The van der Waals surface area contributed by atoms with Gasteiger partial charge in [0.15, 0.2) is 0 Å². The number of hydrogen-bond acceptors (Lipinski definition) is 6. The van der Waals surface area contributed by atoms with Crippen LogP contribution in [0.5, 0.6) is 11.6 Å². The molecule has 0 spiro atoms. The van der Waals surface area contributed by atoms with Crippen LogP contribution in [0.2, 0.25) is 0 Å². The Kier molecular flexibility index (Phi) is 6.00. The van der Waals surface area contributed by atoms with E-state index in [9.17, 15) is 21.6 Å². The number of alkyl halides is 3. The van der Waals surface area contributed by atoms with Crippen LogP contribution in [-0.4, -0.2) is 27.9 Å². The number of halogens is 3. The van der Waals surface area contributed by atoms with Gasteiger partial charge in [-0.3, -0.25) is 9.29 Å². The van der Waals surface area contributed by atoms with Gasteiger partial charge < -0.3 is 4.74 Å². The van der Waals surface area contributed by atoms with Gasteiger partial charge >= 0.3 is 6.18 Å². The van der Waals surface area contributed by atoms with Crippen LogP contribution in [0.3, 0.4) is 0 Å². The summed E-state index contributed by atoms with van der Waals surface area (Å²) in [6, 6.07) is 11.0. The minimum atomic E-state index is -4.65. The number of nitrogens with one attached hydrogen (secondary N) is 1. The molecule has 0 saturated carbocycles. The Morgan fingerprint density at radius 1 is 1.00 bits per heavy atom. The minimum Gasteiger partial charge on any atom is -0.439 e. The lowest BCUT2D eigenvalue weighted by Gasteiger charge is -2.12. The molecule has 2 aromatic carbocycles. The molecule has 0 aliphatic rings. The van der Waals surface area contributed by atoms with Gasteiger partial charge in [0, 0.05) is 24.1 Å². The van der Waals surface area contributed by atoms with Crippen molar-refractivity contribution < 1.29 is 26.3 Å². The van der Waals surface area contributed by atoms with Gasteiger partial charge in [-0.2, -0.15) is 18.2 Å². The number of aromatic nitrogens is 4. The fraction of sp³-hybridized carbons (Fsp3) is 0.136. The van der Waals surface area contributed by atoms with E-state index in [-0.39, 0.29) is 11.6 Å². The number of anilines is 1. The third-order valence-electron chi connectivity index (χ3n) is 4.67. The average Bonchev–Trinajstić information content (AvgIpc) is 3.20. The summed E-state index contributed by atoms with van der Waals surface area (Å²) in [5, 5.41) is 0. The predicted octanol–water partition coefficient (Wildman–Crippen LogP) is 4.89. The summed E-state index contributed by atoms with van der Waals surface area (Å²) in [7, 11) is -4.23. The molecule has 8 nitrogen and oxygen atoms in total.